The molecule has 0 saturated heterocycles. The maximum Gasteiger partial charge on any atom is 0.0626 e. The maximum atomic E-state index is 4.40. The van der Waals surface area contributed by atoms with Crippen molar-refractivity contribution >= 4 is 11.3 Å². The van der Waals surface area contributed by atoms with Crippen molar-refractivity contribution in [2.75, 3.05) is 0 Å². The molecule has 0 spiro atoms. The second kappa shape index (κ2) is 6.80. The van der Waals surface area contributed by atoms with Crippen LogP contribution in [-0.4, -0.2) is 10.3 Å². The van der Waals surface area contributed by atoms with E-state index in [4.69, 9.17) is 0 Å². The van der Waals surface area contributed by atoms with E-state index in [1.54, 1.807) is 0 Å². The van der Waals surface area contributed by atoms with Gasteiger partial charge in [0.2, 0.25) is 0 Å². The minimum atomic E-state index is 1.03. The van der Waals surface area contributed by atoms with Crippen LogP contribution in [0.2, 0.25) is 0 Å². The average molecular weight is 242 g/mol. The fourth-order valence-electron chi connectivity index (χ4n) is 1.87. The highest BCUT2D eigenvalue weighted by atomic mass is 14.9. The number of rotatable bonds is 4. The molecule has 0 amide bonds. The molecule has 0 aliphatic rings. The number of aliphatic imine (C=N–C) groups is 1. The van der Waals surface area contributed by atoms with Crippen molar-refractivity contribution in [2.24, 2.45) is 12.0 Å². The number of aryl methyl sites for hydroxylation is 1. The summed E-state index contributed by atoms with van der Waals surface area (Å²) in [7, 11) is 2.05. The van der Waals surface area contributed by atoms with E-state index in [1.807, 2.05) is 33.0 Å². The second-order valence-corrected chi connectivity index (χ2v) is 4.17. The Balaban J connectivity index is 3.16. The summed E-state index contributed by atoms with van der Waals surface area (Å²) < 4.78 is 2.12. The molecule has 0 bridgehead atoms. The van der Waals surface area contributed by atoms with Gasteiger partial charge < -0.3 is 4.57 Å². The van der Waals surface area contributed by atoms with E-state index in [-0.39, 0.29) is 0 Å². The first kappa shape index (κ1) is 14.2. The van der Waals surface area contributed by atoms with Gasteiger partial charge in [0.15, 0.2) is 0 Å². The Morgan fingerprint density at radius 3 is 2.50 bits per heavy atom. The van der Waals surface area contributed by atoms with Crippen LogP contribution in [0.3, 0.4) is 0 Å². The van der Waals surface area contributed by atoms with Crippen LogP contribution in [-0.2, 0) is 7.05 Å². The Kier molecular flexibility index (Phi) is 5.37. The third kappa shape index (κ3) is 3.33. The topological polar surface area (TPSA) is 17.3 Å². The molecule has 1 aromatic heterocycles. The van der Waals surface area contributed by atoms with Crippen LogP contribution in [0.1, 0.15) is 39.0 Å². The Labute approximate surface area is 110 Å². The van der Waals surface area contributed by atoms with E-state index in [1.165, 1.54) is 11.1 Å². The number of hydrogen-bond acceptors (Lipinski definition) is 1. The summed E-state index contributed by atoms with van der Waals surface area (Å²) in [6.07, 6.45) is 12.2. The molecule has 0 unspecified atom stereocenters. The molecule has 0 aromatic carbocycles. The molecule has 0 saturated carbocycles. The number of allylic oxidation sites excluding steroid dienone is 5. The minimum absolute atomic E-state index is 1.03. The molecule has 0 radical (unpaired) electrons. The summed E-state index contributed by atoms with van der Waals surface area (Å²) in [4.78, 5) is 4.40. The van der Waals surface area contributed by atoms with Gasteiger partial charge in [0.1, 0.15) is 0 Å². The van der Waals surface area contributed by atoms with Crippen molar-refractivity contribution in [3.8, 4) is 0 Å². The molecular weight excluding hydrogens is 220 g/mol. The monoisotopic (exact) mass is 242 g/mol. The van der Waals surface area contributed by atoms with E-state index in [2.05, 4.69) is 54.0 Å². The Hall–Kier alpha value is -1.83. The molecule has 0 atom stereocenters. The van der Waals surface area contributed by atoms with E-state index in [0.29, 0.717) is 0 Å². The van der Waals surface area contributed by atoms with Crippen LogP contribution in [0.5, 0.6) is 0 Å². The first-order valence-corrected chi connectivity index (χ1v) is 6.25. The first-order valence-electron chi connectivity index (χ1n) is 6.25. The summed E-state index contributed by atoms with van der Waals surface area (Å²) in [6, 6.07) is 2.18. The zero-order chi connectivity index (χ0) is 13.5. The van der Waals surface area contributed by atoms with Crippen molar-refractivity contribution in [2.45, 2.75) is 27.7 Å². The Morgan fingerprint density at radius 2 is 1.94 bits per heavy atom. The Morgan fingerprint density at radius 1 is 1.22 bits per heavy atom. The molecule has 0 N–H and O–H groups in total. The summed E-state index contributed by atoms with van der Waals surface area (Å²) in [6.45, 7) is 8.09. The van der Waals surface area contributed by atoms with Gasteiger partial charge in [-0.15, -0.1) is 0 Å². The van der Waals surface area contributed by atoms with Crippen molar-refractivity contribution < 1.29 is 0 Å². The lowest BCUT2D eigenvalue weighted by Gasteiger charge is -1.99. The molecule has 2 nitrogen and oxygen atoms in total. The SMILES string of the molecule is CC=C/N=C(/C)c1cc(/C(C=CC)=C/C)cn1C. The highest BCUT2D eigenvalue weighted by molar-refractivity contribution is 5.98. The highest BCUT2D eigenvalue weighted by Gasteiger charge is 2.07. The molecule has 1 heterocycles. The fourth-order valence-corrected chi connectivity index (χ4v) is 1.87. The number of nitrogens with zero attached hydrogens (tertiary/aromatic N) is 2. The van der Waals surface area contributed by atoms with E-state index in [9.17, 15) is 0 Å². The van der Waals surface area contributed by atoms with Crippen molar-refractivity contribution in [1.82, 2.24) is 4.57 Å². The Bertz CT molecular complexity index is 511. The standard InChI is InChI=1S/C16H22N2/c1-6-9-14(8-3)15-11-16(18(5)12-15)13(4)17-10-7-2/h6-12H,1-5H3/b9-6?,10-7?,14-8+,17-13-. The van der Waals surface area contributed by atoms with Gasteiger partial charge in [-0.1, -0.05) is 24.3 Å². The van der Waals surface area contributed by atoms with Gasteiger partial charge in [-0.2, -0.15) is 0 Å². The third-order valence-corrected chi connectivity index (χ3v) is 2.78. The van der Waals surface area contributed by atoms with Crippen LogP contribution >= 0.6 is 0 Å². The van der Waals surface area contributed by atoms with Crippen LogP contribution in [0.15, 0.2) is 47.8 Å². The largest absolute Gasteiger partial charge is 0.349 e. The normalized spacial score (nSPS) is 14.1. The smallest absolute Gasteiger partial charge is 0.0626 e. The molecular formula is C16H22N2. The van der Waals surface area contributed by atoms with Gasteiger partial charge >= 0.3 is 0 Å². The lowest BCUT2D eigenvalue weighted by atomic mass is 10.1. The molecule has 0 aliphatic carbocycles. The predicted molar refractivity (Wildman–Crippen MR) is 80.9 cm³/mol. The fraction of sp³-hybridized carbons (Fsp3) is 0.312. The highest BCUT2D eigenvalue weighted by Crippen LogP contribution is 2.19. The quantitative estimate of drug-likeness (QED) is 0.552. The van der Waals surface area contributed by atoms with Gasteiger partial charge in [-0.25, -0.2) is 0 Å². The van der Waals surface area contributed by atoms with Crippen molar-refractivity contribution in [1.29, 1.82) is 0 Å². The third-order valence-electron chi connectivity index (χ3n) is 2.78. The van der Waals surface area contributed by atoms with Gasteiger partial charge in [-0.3, -0.25) is 4.99 Å². The first-order chi connectivity index (χ1) is 8.63. The number of aromatic nitrogens is 1. The molecule has 18 heavy (non-hydrogen) atoms. The van der Waals surface area contributed by atoms with Crippen LogP contribution in [0.4, 0.5) is 0 Å². The van der Waals surface area contributed by atoms with Crippen molar-refractivity contribution in [3.63, 3.8) is 0 Å². The summed E-state index contributed by atoms with van der Waals surface area (Å²) in [5.74, 6) is 0. The molecule has 2 heteroatoms. The molecule has 0 aliphatic heterocycles. The van der Waals surface area contributed by atoms with E-state index < -0.39 is 0 Å². The minimum Gasteiger partial charge on any atom is -0.349 e. The predicted octanol–water partition coefficient (Wildman–Crippen LogP) is 4.35. The second-order valence-electron chi connectivity index (χ2n) is 4.17. The zero-order valence-corrected chi connectivity index (χ0v) is 11.9. The summed E-state index contributed by atoms with van der Waals surface area (Å²) in [5.41, 5.74) is 4.63. The maximum absolute atomic E-state index is 4.40. The molecule has 0 fully saturated rings. The van der Waals surface area contributed by atoms with Crippen LogP contribution in [0.25, 0.3) is 5.57 Å². The molecule has 1 aromatic rings. The van der Waals surface area contributed by atoms with Gasteiger partial charge in [0.25, 0.3) is 0 Å². The lowest BCUT2D eigenvalue weighted by molar-refractivity contribution is 0.912. The summed E-state index contributed by atoms with van der Waals surface area (Å²) >= 11 is 0. The number of hydrogen-bond donors (Lipinski definition) is 0. The molecule has 96 valence electrons. The van der Waals surface area contributed by atoms with Gasteiger partial charge in [0, 0.05) is 19.4 Å². The van der Waals surface area contributed by atoms with E-state index >= 15 is 0 Å². The molecule has 1 rings (SSSR count). The lowest BCUT2D eigenvalue weighted by Crippen LogP contribution is -2.01. The van der Waals surface area contributed by atoms with Crippen LogP contribution in [0, 0.1) is 0 Å². The summed E-state index contributed by atoms with van der Waals surface area (Å²) in [5, 5.41) is 0. The van der Waals surface area contributed by atoms with Crippen LogP contribution < -0.4 is 0 Å². The average Bonchev–Trinajstić information content (AvgIpc) is 2.75. The van der Waals surface area contributed by atoms with Gasteiger partial charge in [-0.05, 0) is 44.9 Å². The zero-order valence-electron chi connectivity index (χ0n) is 11.9. The van der Waals surface area contributed by atoms with E-state index in [0.717, 1.165) is 11.4 Å². The van der Waals surface area contributed by atoms with Crippen molar-refractivity contribution in [3.05, 3.63) is 54.0 Å². The van der Waals surface area contributed by atoms with Gasteiger partial charge in [0.05, 0.1) is 11.4 Å².